The van der Waals surface area contributed by atoms with Crippen LogP contribution < -0.4 is 5.32 Å². The van der Waals surface area contributed by atoms with Crippen LogP contribution in [0.3, 0.4) is 0 Å². The van der Waals surface area contributed by atoms with Crippen LogP contribution in [-0.4, -0.2) is 35.5 Å². The summed E-state index contributed by atoms with van der Waals surface area (Å²) in [5.74, 6) is -0.0204. The van der Waals surface area contributed by atoms with Crippen molar-refractivity contribution in [2.45, 2.75) is 32.7 Å². The zero-order chi connectivity index (χ0) is 15.4. The second-order valence-corrected chi connectivity index (χ2v) is 5.65. The first kappa shape index (κ1) is 15.7. The highest BCUT2D eigenvalue weighted by atomic mass is 19.1. The molecule has 1 fully saturated rings. The molecule has 1 aliphatic rings. The van der Waals surface area contributed by atoms with Gasteiger partial charge in [0, 0.05) is 24.7 Å². The number of likely N-dealkylation sites (tertiary alicyclic amines) is 1. The monoisotopic (exact) mass is 295 g/mol. The molecule has 1 aliphatic heterocycles. The Morgan fingerprint density at radius 3 is 3.00 bits per heavy atom. The summed E-state index contributed by atoms with van der Waals surface area (Å²) in [5.41, 5.74) is 0.121. The molecule has 0 radical (unpaired) electrons. The zero-order valence-corrected chi connectivity index (χ0v) is 12.5. The number of nitrogens with one attached hydrogen (secondary N) is 1. The van der Waals surface area contributed by atoms with Crippen LogP contribution in [0.25, 0.3) is 0 Å². The summed E-state index contributed by atoms with van der Waals surface area (Å²) in [4.78, 5) is 12.7. The van der Waals surface area contributed by atoms with E-state index in [0.29, 0.717) is 5.92 Å². The third kappa shape index (κ3) is 3.91. The lowest BCUT2D eigenvalue weighted by Crippen LogP contribution is -2.41. The molecule has 21 heavy (non-hydrogen) atoms. The molecular formula is C15H22FN3O2. The third-order valence-corrected chi connectivity index (χ3v) is 4.24. The number of benzene rings is 1. The highest BCUT2D eigenvalue weighted by Gasteiger charge is 2.24. The molecule has 2 atom stereocenters. The standard InChI is InChI=1S/C15H22FN3O2/c1-3-18-8-4-5-12(10-18)11(2)17-15-9-13(19(20)21)6-7-14(15)16/h6-7,9,11-12,17H,3-5,8,10H2,1-2H3. The van der Waals surface area contributed by atoms with Gasteiger partial charge in [-0.1, -0.05) is 6.92 Å². The van der Waals surface area contributed by atoms with Crippen molar-refractivity contribution >= 4 is 11.4 Å². The Hall–Kier alpha value is -1.69. The molecule has 2 rings (SSSR count). The third-order valence-electron chi connectivity index (χ3n) is 4.24. The molecule has 0 bridgehead atoms. The number of nitrogens with zero attached hydrogens (tertiary/aromatic N) is 2. The normalized spacial score (nSPS) is 21.0. The molecular weight excluding hydrogens is 273 g/mol. The fraction of sp³-hybridized carbons (Fsp3) is 0.600. The van der Waals surface area contributed by atoms with Crippen molar-refractivity contribution in [2.75, 3.05) is 25.0 Å². The van der Waals surface area contributed by atoms with Gasteiger partial charge in [0.15, 0.2) is 0 Å². The number of piperidine rings is 1. The van der Waals surface area contributed by atoms with E-state index in [0.717, 1.165) is 38.5 Å². The predicted octanol–water partition coefficient (Wildman–Crippen LogP) is 3.27. The summed E-state index contributed by atoms with van der Waals surface area (Å²) in [6.45, 7) is 7.28. The van der Waals surface area contributed by atoms with E-state index in [4.69, 9.17) is 0 Å². The van der Waals surface area contributed by atoms with Gasteiger partial charge in [-0.3, -0.25) is 10.1 Å². The maximum absolute atomic E-state index is 13.8. The first-order valence-corrected chi connectivity index (χ1v) is 7.44. The Bertz CT molecular complexity index is 510. The Morgan fingerprint density at radius 2 is 2.33 bits per heavy atom. The average Bonchev–Trinajstić information content (AvgIpc) is 2.49. The fourth-order valence-corrected chi connectivity index (χ4v) is 2.89. The van der Waals surface area contributed by atoms with Gasteiger partial charge >= 0.3 is 0 Å². The van der Waals surface area contributed by atoms with Gasteiger partial charge in [-0.2, -0.15) is 0 Å². The number of rotatable bonds is 5. The molecule has 0 aromatic heterocycles. The first-order valence-electron chi connectivity index (χ1n) is 7.44. The second-order valence-electron chi connectivity index (χ2n) is 5.65. The van der Waals surface area contributed by atoms with E-state index in [1.807, 2.05) is 6.92 Å². The zero-order valence-electron chi connectivity index (χ0n) is 12.5. The van der Waals surface area contributed by atoms with Crippen molar-refractivity contribution in [2.24, 2.45) is 5.92 Å². The molecule has 0 saturated carbocycles. The van der Waals surface area contributed by atoms with Crippen molar-refractivity contribution in [1.82, 2.24) is 4.90 Å². The van der Waals surface area contributed by atoms with E-state index in [2.05, 4.69) is 17.1 Å². The van der Waals surface area contributed by atoms with Crippen LogP contribution in [-0.2, 0) is 0 Å². The minimum atomic E-state index is -0.505. The first-order chi connectivity index (χ1) is 10.0. The number of halogens is 1. The fourth-order valence-electron chi connectivity index (χ4n) is 2.89. The van der Waals surface area contributed by atoms with E-state index in [1.165, 1.54) is 12.1 Å². The van der Waals surface area contributed by atoms with E-state index < -0.39 is 10.7 Å². The van der Waals surface area contributed by atoms with Gasteiger partial charge in [0.1, 0.15) is 5.82 Å². The smallest absolute Gasteiger partial charge is 0.271 e. The highest BCUT2D eigenvalue weighted by molar-refractivity contribution is 5.52. The van der Waals surface area contributed by atoms with Crippen LogP contribution in [0.15, 0.2) is 18.2 Å². The number of hydrogen-bond donors (Lipinski definition) is 1. The lowest BCUT2D eigenvalue weighted by Gasteiger charge is -2.35. The number of non-ortho nitro benzene ring substituents is 1. The molecule has 0 aliphatic carbocycles. The summed E-state index contributed by atoms with van der Waals surface area (Å²) in [6.07, 6.45) is 2.24. The predicted molar refractivity (Wildman–Crippen MR) is 81.0 cm³/mol. The molecule has 0 spiro atoms. The summed E-state index contributed by atoms with van der Waals surface area (Å²) in [5, 5.41) is 13.9. The Morgan fingerprint density at radius 1 is 1.57 bits per heavy atom. The minimum Gasteiger partial charge on any atom is -0.380 e. The van der Waals surface area contributed by atoms with Crippen molar-refractivity contribution in [3.63, 3.8) is 0 Å². The summed E-state index contributed by atoms with van der Waals surface area (Å²) in [7, 11) is 0. The molecule has 2 unspecified atom stereocenters. The Balaban J connectivity index is 2.06. The number of anilines is 1. The van der Waals surface area contributed by atoms with Crippen LogP contribution in [0.5, 0.6) is 0 Å². The number of nitro groups is 1. The summed E-state index contributed by atoms with van der Waals surface area (Å²) >= 11 is 0. The largest absolute Gasteiger partial charge is 0.380 e. The van der Waals surface area contributed by atoms with E-state index in [9.17, 15) is 14.5 Å². The van der Waals surface area contributed by atoms with Crippen LogP contribution >= 0.6 is 0 Å². The van der Waals surface area contributed by atoms with Gasteiger partial charge in [0.2, 0.25) is 0 Å². The highest BCUT2D eigenvalue weighted by Crippen LogP contribution is 2.26. The Kier molecular flexibility index (Phi) is 5.12. The van der Waals surface area contributed by atoms with Crippen molar-refractivity contribution < 1.29 is 9.31 Å². The number of nitro benzene ring substituents is 1. The molecule has 6 heteroatoms. The molecule has 1 heterocycles. The van der Waals surface area contributed by atoms with Gasteiger partial charge in [-0.25, -0.2) is 4.39 Å². The van der Waals surface area contributed by atoms with Crippen molar-refractivity contribution in [3.8, 4) is 0 Å². The van der Waals surface area contributed by atoms with Crippen LogP contribution in [0.4, 0.5) is 15.8 Å². The summed E-state index contributed by atoms with van der Waals surface area (Å²) in [6, 6.07) is 3.68. The molecule has 116 valence electrons. The van der Waals surface area contributed by atoms with E-state index >= 15 is 0 Å². The Labute approximate surface area is 124 Å². The molecule has 1 N–H and O–H groups in total. The van der Waals surface area contributed by atoms with Crippen LogP contribution in [0.1, 0.15) is 26.7 Å². The molecule has 1 saturated heterocycles. The topological polar surface area (TPSA) is 58.4 Å². The maximum Gasteiger partial charge on any atom is 0.271 e. The molecule has 0 amide bonds. The van der Waals surface area contributed by atoms with Gasteiger partial charge in [0.25, 0.3) is 5.69 Å². The van der Waals surface area contributed by atoms with Crippen molar-refractivity contribution in [3.05, 3.63) is 34.1 Å². The lowest BCUT2D eigenvalue weighted by atomic mass is 9.91. The maximum atomic E-state index is 13.8. The van der Waals surface area contributed by atoms with E-state index in [1.54, 1.807) is 0 Å². The molecule has 1 aromatic rings. The molecule has 1 aromatic carbocycles. The van der Waals surface area contributed by atoms with Gasteiger partial charge in [-0.05, 0) is 44.8 Å². The average molecular weight is 295 g/mol. The van der Waals surface area contributed by atoms with E-state index in [-0.39, 0.29) is 17.4 Å². The minimum absolute atomic E-state index is 0.0795. The van der Waals surface area contributed by atoms with Gasteiger partial charge < -0.3 is 10.2 Å². The lowest BCUT2D eigenvalue weighted by molar-refractivity contribution is -0.384. The van der Waals surface area contributed by atoms with Gasteiger partial charge in [-0.15, -0.1) is 0 Å². The van der Waals surface area contributed by atoms with Crippen molar-refractivity contribution in [1.29, 1.82) is 0 Å². The summed E-state index contributed by atoms with van der Waals surface area (Å²) < 4.78 is 13.8. The quantitative estimate of drug-likeness (QED) is 0.669. The van der Waals surface area contributed by atoms with Gasteiger partial charge in [0.05, 0.1) is 10.6 Å². The number of hydrogen-bond acceptors (Lipinski definition) is 4. The SMILES string of the molecule is CCN1CCCC(C(C)Nc2cc([N+](=O)[O-])ccc2F)C1. The van der Waals surface area contributed by atoms with Crippen LogP contribution in [0.2, 0.25) is 0 Å². The molecule has 5 nitrogen and oxygen atoms in total. The van der Waals surface area contributed by atoms with Crippen LogP contribution in [0, 0.1) is 21.8 Å². The second kappa shape index (κ2) is 6.85.